The van der Waals surface area contributed by atoms with Crippen molar-refractivity contribution in [3.05, 3.63) is 44.8 Å². The van der Waals surface area contributed by atoms with Crippen molar-refractivity contribution in [2.45, 2.75) is 26.3 Å². The zero-order chi connectivity index (χ0) is 20.3. The summed E-state index contributed by atoms with van der Waals surface area (Å²) in [7, 11) is 2.84. The zero-order valence-corrected chi connectivity index (χ0v) is 18.9. The molecule has 1 aliphatic heterocycles. The summed E-state index contributed by atoms with van der Waals surface area (Å²) in [6.07, 6.45) is 1.83. The number of carbonyl (C=O) groups excluding carboxylic acids is 2. The number of carbonyl (C=O) groups is 2. The molecule has 9 heteroatoms. The maximum atomic E-state index is 12.9. The first-order valence-corrected chi connectivity index (χ1v) is 10.3. The van der Waals surface area contributed by atoms with Crippen molar-refractivity contribution >= 4 is 52.2 Å². The molecule has 0 spiro atoms. The first-order valence-electron chi connectivity index (χ1n) is 9.08. The molecule has 0 fully saturated rings. The number of fused-ring (bicyclic) bond motifs is 1. The number of hydrogen-bond donors (Lipinski definition) is 1. The standard InChI is InChI=1S/C20H23ClN2O4S.ClH/c1-4-8-23-9-7-13-16(11-23)28-19(17(13)20(25)27-3)22-18(24)14-10-12(21)5-6-15(14)26-2;/h5-6,10H,4,7-9,11H2,1-3H3,(H,22,24);1H. The van der Waals surface area contributed by atoms with Gasteiger partial charge in [-0.1, -0.05) is 18.5 Å². The summed E-state index contributed by atoms with van der Waals surface area (Å²) in [4.78, 5) is 28.8. The molecule has 1 aromatic carbocycles. The first-order chi connectivity index (χ1) is 13.5. The van der Waals surface area contributed by atoms with E-state index in [0.29, 0.717) is 26.9 Å². The third-order valence-corrected chi connectivity index (χ3v) is 6.07. The molecule has 0 atom stereocenters. The van der Waals surface area contributed by atoms with Crippen LogP contribution in [0.3, 0.4) is 0 Å². The number of amides is 1. The lowest BCUT2D eigenvalue weighted by Gasteiger charge is -2.26. The van der Waals surface area contributed by atoms with Gasteiger partial charge in [-0.2, -0.15) is 0 Å². The topological polar surface area (TPSA) is 67.9 Å². The molecule has 2 heterocycles. The lowest BCUT2D eigenvalue weighted by atomic mass is 10.0. The molecule has 0 unspecified atom stereocenters. The van der Waals surface area contributed by atoms with Gasteiger partial charge in [0.2, 0.25) is 0 Å². The van der Waals surface area contributed by atoms with Crippen LogP contribution >= 0.6 is 35.3 Å². The van der Waals surface area contributed by atoms with E-state index in [0.717, 1.165) is 42.9 Å². The van der Waals surface area contributed by atoms with Gasteiger partial charge in [0, 0.05) is 23.0 Å². The van der Waals surface area contributed by atoms with E-state index in [4.69, 9.17) is 21.1 Å². The number of hydrogen-bond acceptors (Lipinski definition) is 6. The van der Waals surface area contributed by atoms with Gasteiger partial charge < -0.3 is 14.8 Å². The van der Waals surface area contributed by atoms with Crippen LogP contribution in [0.5, 0.6) is 5.75 Å². The van der Waals surface area contributed by atoms with E-state index in [9.17, 15) is 9.59 Å². The summed E-state index contributed by atoms with van der Waals surface area (Å²) in [5, 5.41) is 3.80. The third kappa shape index (κ3) is 5.04. The fourth-order valence-corrected chi connectivity index (χ4v) is 4.84. The van der Waals surface area contributed by atoms with Crippen molar-refractivity contribution < 1.29 is 19.1 Å². The number of rotatable bonds is 6. The van der Waals surface area contributed by atoms with Crippen molar-refractivity contribution in [2.24, 2.45) is 0 Å². The van der Waals surface area contributed by atoms with E-state index in [2.05, 4.69) is 17.1 Å². The molecule has 29 heavy (non-hydrogen) atoms. The Labute approximate surface area is 185 Å². The van der Waals surface area contributed by atoms with E-state index in [1.165, 1.54) is 25.6 Å². The summed E-state index contributed by atoms with van der Waals surface area (Å²) in [5.41, 5.74) is 1.73. The van der Waals surface area contributed by atoms with Gasteiger partial charge in [0.05, 0.1) is 25.3 Å². The number of benzene rings is 1. The molecule has 6 nitrogen and oxygen atoms in total. The van der Waals surface area contributed by atoms with Crippen LogP contribution < -0.4 is 10.1 Å². The van der Waals surface area contributed by atoms with Crippen LogP contribution in [0.15, 0.2) is 18.2 Å². The van der Waals surface area contributed by atoms with Gasteiger partial charge >= 0.3 is 5.97 Å². The fraction of sp³-hybridized carbons (Fsp3) is 0.400. The highest BCUT2D eigenvalue weighted by Gasteiger charge is 2.29. The van der Waals surface area contributed by atoms with Gasteiger partial charge in [-0.15, -0.1) is 23.7 Å². The number of esters is 1. The molecule has 1 N–H and O–H groups in total. The third-order valence-electron chi connectivity index (χ3n) is 4.70. The molecular weight excluding hydrogens is 435 g/mol. The summed E-state index contributed by atoms with van der Waals surface area (Å²) in [6, 6.07) is 4.84. The van der Waals surface area contributed by atoms with E-state index in [1.807, 2.05) is 0 Å². The lowest BCUT2D eigenvalue weighted by Crippen LogP contribution is -2.30. The maximum Gasteiger partial charge on any atom is 0.341 e. The molecule has 1 aromatic heterocycles. The Bertz CT molecular complexity index is 901. The summed E-state index contributed by atoms with van der Waals surface area (Å²) in [5.74, 6) is -0.403. The predicted molar refractivity (Wildman–Crippen MR) is 118 cm³/mol. The van der Waals surface area contributed by atoms with Crippen LogP contribution in [-0.2, 0) is 17.7 Å². The van der Waals surface area contributed by atoms with Crippen molar-refractivity contribution in [3.8, 4) is 5.75 Å². The van der Waals surface area contributed by atoms with E-state index >= 15 is 0 Å². The van der Waals surface area contributed by atoms with Crippen LogP contribution in [0.1, 0.15) is 44.5 Å². The van der Waals surface area contributed by atoms with Crippen LogP contribution in [0.25, 0.3) is 0 Å². The molecule has 0 saturated heterocycles. The number of thiophene rings is 1. The Morgan fingerprint density at radius 1 is 1.31 bits per heavy atom. The highest BCUT2D eigenvalue weighted by Crippen LogP contribution is 2.38. The second-order valence-electron chi connectivity index (χ2n) is 6.52. The minimum absolute atomic E-state index is 0. The second kappa shape index (κ2) is 10.3. The molecule has 1 aliphatic rings. The van der Waals surface area contributed by atoms with Gasteiger partial charge in [0.25, 0.3) is 5.91 Å². The van der Waals surface area contributed by atoms with Crippen molar-refractivity contribution in [1.82, 2.24) is 4.90 Å². The molecule has 0 aliphatic carbocycles. The van der Waals surface area contributed by atoms with Crippen LogP contribution in [0.2, 0.25) is 5.02 Å². The Hall–Kier alpha value is -1.80. The van der Waals surface area contributed by atoms with E-state index in [-0.39, 0.29) is 18.3 Å². The van der Waals surface area contributed by atoms with Crippen LogP contribution in [0, 0.1) is 0 Å². The minimum Gasteiger partial charge on any atom is -0.496 e. The average molecular weight is 459 g/mol. The SMILES string of the molecule is CCCN1CCc2c(sc(NC(=O)c3cc(Cl)ccc3OC)c2C(=O)OC)C1.Cl. The minimum atomic E-state index is -0.435. The highest BCUT2D eigenvalue weighted by molar-refractivity contribution is 7.17. The van der Waals surface area contributed by atoms with Gasteiger partial charge in [-0.05, 0) is 43.1 Å². The van der Waals surface area contributed by atoms with Gasteiger partial charge in [-0.25, -0.2) is 4.79 Å². The average Bonchev–Trinajstić information content (AvgIpc) is 3.04. The Kier molecular flexibility index (Phi) is 8.34. The zero-order valence-electron chi connectivity index (χ0n) is 16.5. The Balaban J connectivity index is 0.00000300. The Morgan fingerprint density at radius 2 is 2.07 bits per heavy atom. The van der Waals surface area contributed by atoms with Crippen molar-refractivity contribution in [2.75, 3.05) is 32.6 Å². The number of ether oxygens (including phenoxy) is 2. The number of methoxy groups -OCH3 is 2. The van der Waals surface area contributed by atoms with Gasteiger partial charge in [-0.3, -0.25) is 9.69 Å². The van der Waals surface area contributed by atoms with Crippen molar-refractivity contribution in [3.63, 3.8) is 0 Å². The summed E-state index contributed by atoms with van der Waals surface area (Å²) in [6.45, 7) is 4.81. The molecule has 2 aromatic rings. The molecule has 0 saturated carbocycles. The first kappa shape index (κ1) is 23.5. The molecular formula is C20H24Cl2N2O4S. The largest absolute Gasteiger partial charge is 0.496 e. The number of nitrogens with one attached hydrogen (secondary N) is 1. The molecule has 0 bridgehead atoms. The van der Waals surface area contributed by atoms with Crippen LogP contribution in [-0.4, -0.2) is 44.1 Å². The maximum absolute atomic E-state index is 12.9. The molecule has 1 amide bonds. The van der Waals surface area contributed by atoms with E-state index in [1.54, 1.807) is 18.2 Å². The summed E-state index contributed by atoms with van der Waals surface area (Å²) >= 11 is 7.47. The monoisotopic (exact) mass is 458 g/mol. The predicted octanol–water partition coefficient (Wildman–Crippen LogP) is 4.64. The van der Waals surface area contributed by atoms with E-state index < -0.39 is 5.97 Å². The fourth-order valence-electron chi connectivity index (χ4n) is 3.40. The quantitative estimate of drug-likeness (QED) is 0.638. The van der Waals surface area contributed by atoms with Crippen molar-refractivity contribution in [1.29, 1.82) is 0 Å². The number of anilines is 1. The number of halogens is 2. The highest BCUT2D eigenvalue weighted by atomic mass is 35.5. The van der Waals surface area contributed by atoms with Crippen LogP contribution in [0.4, 0.5) is 5.00 Å². The second-order valence-corrected chi connectivity index (χ2v) is 8.07. The molecule has 158 valence electrons. The smallest absolute Gasteiger partial charge is 0.341 e. The van der Waals surface area contributed by atoms with Gasteiger partial charge in [0.15, 0.2) is 0 Å². The lowest BCUT2D eigenvalue weighted by molar-refractivity contribution is 0.0600. The van der Waals surface area contributed by atoms with Gasteiger partial charge in [0.1, 0.15) is 10.8 Å². The Morgan fingerprint density at radius 3 is 2.72 bits per heavy atom. The number of nitrogens with zero attached hydrogens (tertiary/aromatic N) is 1. The summed E-state index contributed by atoms with van der Waals surface area (Å²) < 4.78 is 10.2. The molecule has 0 radical (unpaired) electrons. The molecule has 3 rings (SSSR count). The normalized spacial score (nSPS) is 13.2.